The van der Waals surface area contributed by atoms with Gasteiger partial charge >= 0.3 is 6.09 Å². The smallest absolute Gasteiger partial charge is 0.410 e. The Morgan fingerprint density at radius 3 is 2.42 bits per heavy atom. The third-order valence-electron chi connectivity index (χ3n) is 4.32. The van der Waals surface area contributed by atoms with Crippen LogP contribution in [0.4, 0.5) is 4.79 Å². The van der Waals surface area contributed by atoms with Crippen LogP contribution >= 0.6 is 0 Å². The van der Waals surface area contributed by atoms with Crippen molar-refractivity contribution < 1.29 is 9.53 Å². The summed E-state index contributed by atoms with van der Waals surface area (Å²) in [5.74, 6) is 0. The maximum atomic E-state index is 12.3. The van der Waals surface area contributed by atoms with E-state index in [4.69, 9.17) is 4.74 Å². The van der Waals surface area contributed by atoms with Crippen molar-refractivity contribution >= 4 is 6.09 Å². The second-order valence-electron chi connectivity index (χ2n) is 6.19. The molecule has 1 heterocycles. The minimum Gasteiger partial charge on any atom is -0.445 e. The monoisotopic (exact) mass is 324 g/mol. The van der Waals surface area contributed by atoms with Crippen molar-refractivity contribution in [2.24, 2.45) is 0 Å². The summed E-state index contributed by atoms with van der Waals surface area (Å²) < 4.78 is 5.44. The van der Waals surface area contributed by atoms with E-state index >= 15 is 0 Å². The minimum atomic E-state index is -0.218. The van der Waals surface area contributed by atoms with Crippen LogP contribution in [0, 0.1) is 0 Å². The van der Waals surface area contributed by atoms with E-state index in [2.05, 4.69) is 17.4 Å². The van der Waals surface area contributed by atoms with Crippen LogP contribution in [-0.4, -0.2) is 30.1 Å². The van der Waals surface area contributed by atoms with Crippen molar-refractivity contribution in [3.05, 3.63) is 71.8 Å². The summed E-state index contributed by atoms with van der Waals surface area (Å²) >= 11 is 0. The topological polar surface area (TPSA) is 41.6 Å². The highest BCUT2D eigenvalue weighted by atomic mass is 16.6. The number of nitrogens with zero attached hydrogens (tertiary/aromatic N) is 1. The Labute approximate surface area is 143 Å². The van der Waals surface area contributed by atoms with Gasteiger partial charge in [0.2, 0.25) is 0 Å². The van der Waals surface area contributed by atoms with Crippen LogP contribution in [0.5, 0.6) is 0 Å². The molecule has 1 N–H and O–H groups in total. The summed E-state index contributed by atoms with van der Waals surface area (Å²) in [4.78, 5) is 14.1. The van der Waals surface area contributed by atoms with Crippen molar-refractivity contribution in [1.29, 1.82) is 0 Å². The van der Waals surface area contributed by atoms with Gasteiger partial charge in [0.15, 0.2) is 0 Å². The summed E-state index contributed by atoms with van der Waals surface area (Å²) in [7, 11) is 0. The van der Waals surface area contributed by atoms with Crippen LogP contribution in [-0.2, 0) is 17.9 Å². The molecule has 2 aromatic carbocycles. The van der Waals surface area contributed by atoms with Gasteiger partial charge in [-0.3, -0.25) is 0 Å². The van der Waals surface area contributed by atoms with Gasteiger partial charge in [0, 0.05) is 25.7 Å². The molecule has 1 fully saturated rings. The standard InChI is InChI=1S/C20H24N2O2/c23-20(24-16-18-10-5-2-6-11-18)22-13-7-12-19(15-22)21-14-17-8-3-1-4-9-17/h1-6,8-11,19,21H,7,12-16H2/t19-/m1/s1. The molecule has 1 amide bonds. The lowest BCUT2D eigenvalue weighted by atomic mass is 10.1. The van der Waals surface area contributed by atoms with Crippen LogP contribution in [0.15, 0.2) is 60.7 Å². The van der Waals surface area contributed by atoms with Crippen molar-refractivity contribution in [2.45, 2.75) is 32.0 Å². The number of hydrogen-bond acceptors (Lipinski definition) is 3. The number of hydrogen-bond donors (Lipinski definition) is 1. The van der Waals surface area contributed by atoms with Crippen molar-refractivity contribution in [3.8, 4) is 0 Å². The van der Waals surface area contributed by atoms with Crippen LogP contribution < -0.4 is 5.32 Å². The molecule has 1 atom stereocenters. The predicted octanol–water partition coefficient (Wildman–Crippen LogP) is 3.58. The molecule has 1 saturated heterocycles. The van der Waals surface area contributed by atoms with Gasteiger partial charge in [0.1, 0.15) is 6.61 Å². The lowest BCUT2D eigenvalue weighted by molar-refractivity contribution is 0.0832. The first kappa shape index (κ1) is 16.5. The number of nitrogens with one attached hydrogen (secondary N) is 1. The van der Waals surface area contributed by atoms with Gasteiger partial charge < -0.3 is 15.0 Å². The van der Waals surface area contributed by atoms with E-state index in [9.17, 15) is 4.79 Å². The first-order valence-electron chi connectivity index (χ1n) is 8.54. The Bertz CT molecular complexity index is 631. The van der Waals surface area contributed by atoms with E-state index in [0.717, 1.165) is 31.5 Å². The first-order chi connectivity index (χ1) is 11.8. The van der Waals surface area contributed by atoms with E-state index in [0.29, 0.717) is 19.2 Å². The summed E-state index contributed by atoms with van der Waals surface area (Å²) in [6.45, 7) is 2.65. The Kier molecular flexibility index (Phi) is 5.85. The molecule has 2 aromatic rings. The van der Waals surface area contributed by atoms with Crippen molar-refractivity contribution in [2.75, 3.05) is 13.1 Å². The highest BCUT2D eigenvalue weighted by Crippen LogP contribution is 2.13. The van der Waals surface area contributed by atoms with Gasteiger partial charge in [-0.1, -0.05) is 60.7 Å². The SMILES string of the molecule is O=C(OCc1ccccc1)N1CCC[C@@H](NCc2ccccc2)C1. The third kappa shape index (κ3) is 4.83. The molecule has 0 spiro atoms. The Hall–Kier alpha value is -2.33. The molecule has 4 nitrogen and oxygen atoms in total. The maximum absolute atomic E-state index is 12.3. The van der Waals surface area contributed by atoms with Gasteiger partial charge in [-0.2, -0.15) is 0 Å². The van der Waals surface area contributed by atoms with Gasteiger partial charge in [-0.05, 0) is 24.0 Å². The second-order valence-corrected chi connectivity index (χ2v) is 6.19. The maximum Gasteiger partial charge on any atom is 0.410 e. The molecule has 126 valence electrons. The number of piperidine rings is 1. The summed E-state index contributed by atoms with van der Waals surface area (Å²) in [6, 6.07) is 20.5. The molecule has 3 rings (SSSR count). The van der Waals surface area contributed by atoms with Gasteiger partial charge in [-0.25, -0.2) is 4.79 Å². The van der Waals surface area contributed by atoms with Crippen LogP contribution in [0.25, 0.3) is 0 Å². The largest absolute Gasteiger partial charge is 0.445 e. The molecule has 24 heavy (non-hydrogen) atoms. The number of benzene rings is 2. The van der Waals surface area contributed by atoms with E-state index in [1.807, 2.05) is 53.4 Å². The van der Waals surface area contributed by atoms with E-state index in [1.165, 1.54) is 5.56 Å². The van der Waals surface area contributed by atoms with Gasteiger partial charge in [0.05, 0.1) is 0 Å². The molecular formula is C20H24N2O2. The molecule has 0 radical (unpaired) electrons. The first-order valence-corrected chi connectivity index (χ1v) is 8.54. The number of rotatable bonds is 5. The lowest BCUT2D eigenvalue weighted by Crippen LogP contribution is -2.47. The number of carbonyl (C=O) groups excluding carboxylic acids is 1. The second kappa shape index (κ2) is 8.50. The number of likely N-dealkylation sites (tertiary alicyclic amines) is 1. The fourth-order valence-electron chi connectivity index (χ4n) is 2.98. The van der Waals surface area contributed by atoms with E-state index in [1.54, 1.807) is 0 Å². The Morgan fingerprint density at radius 2 is 1.71 bits per heavy atom. The minimum absolute atomic E-state index is 0.218. The van der Waals surface area contributed by atoms with Crippen LogP contribution in [0.2, 0.25) is 0 Å². The van der Waals surface area contributed by atoms with Crippen LogP contribution in [0.3, 0.4) is 0 Å². The number of ether oxygens (including phenoxy) is 1. The zero-order chi connectivity index (χ0) is 16.6. The summed E-state index contributed by atoms with van der Waals surface area (Å²) in [5.41, 5.74) is 2.28. The zero-order valence-corrected chi connectivity index (χ0v) is 13.9. The Morgan fingerprint density at radius 1 is 1.04 bits per heavy atom. The number of amides is 1. The van der Waals surface area contributed by atoms with E-state index < -0.39 is 0 Å². The fraction of sp³-hybridized carbons (Fsp3) is 0.350. The molecule has 0 bridgehead atoms. The molecule has 1 aliphatic heterocycles. The van der Waals surface area contributed by atoms with E-state index in [-0.39, 0.29) is 6.09 Å². The van der Waals surface area contributed by atoms with Crippen molar-refractivity contribution in [1.82, 2.24) is 10.2 Å². The number of carbonyl (C=O) groups is 1. The highest BCUT2D eigenvalue weighted by Gasteiger charge is 2.24. The van der Waals surface area contributed by atoms with Crippen LogP contribution in [0.1, 0.15) is 24.0 Å². The zero-order valence-electron chi connectivity index (χ0n) is 13.9. The summed E-state index contributed by atoms with van der Waals surface area (Å²) in [6.07, 6.45) is 1.88. The quantitative estimate of drug-likeness (QED) is 0.914. The highest BCUT2D eigenvalue weighted by molar-refractivity contribution is 5.67. The molecule has 0 aliphatic carbocycles. The Balaban J connectivity index is 1.45. The average molecular weight is 324 g/mol. The van der Waals surface area contributed by atoms with Gasteiger partial charge in [0.25, 0.3) is 0 Å². The molecule has 4 heteroatoms. The predicted molar refractivity (Wildman–Crippen MR) is 94.5 cm³/mol. The molecule has 0 aromatic heterocycles. The van der Waals surface area contributed by atoms with Crippen molar-refractivity contribution in [3.63, 3.8) is 0 Å². The molecule has 1 aliphatic rings. The fourth-order valence-corrected chi connectivity index (χ4v) is 2.98. The molecule has 0 unspecified atom stereocenters. The summed E-state index contributed by atoms with van der Waals surface area (Å²) in [5, 5.41) is 3.55. The van der Waals surface area contributed by atoms with Gasteiger partial charge in [-0.15, -0.1) is 0 Å². The third-order valence-corrected chi connectivity index (χ3v) is 4.32. The molecular weight excluding hydrogens is 300 g/mol. The average Bonchev–Trinajstić information content (AvgIpc) is 2.66. The normalized spacial score (nSPS) is 17.5. The lowest BCUT2D eigenvalue weighted by Gasteiger charge is -2.32. The molecule has 0 saturated carbocycles.